The summed E-state index contributed by atoms with van der Waals surface area (Å²) in [6, 6.07) is 11.6. The van der Waals surface area contributed by atoms with Gasteiger partial charge in [-0.2, -0.15) is 18.2 Å². The van der Waals surface area contributed by atoms with Gasteiger partial charge in [-0.05, 0) is 36.4 Å². The smallest absolute Gasteiger partial charge is 0.421 e. The molecule has 1 saturated heterocycles. The van der Waals surface area contributed by atoms with E-state index in [-0.39, 0.29) is 17.5 Å². The summed E-state index contributed by atoms with van der Waals surface area (Å²) in [5.41, 5.74) is 0.927. The van der Waals surface area contributed by atoms with Crippen LogP contribution in [-0.2, 0) is 15.8 Å². The van der Waals surface area contributed by atoms with Gasteiger partial charge >= 0.3 is 6.18 Å². The number of benzene rings is 2. The molecule has 0 bridgehead atoms. The maximum absolute atomic E-state index is 13.8. The fraction of sp³-hybridized carbons (Fsp3) is 0.259. The number of hydrogen-bond donors (Lipinski definition) is 3. The number of piperazine rings is 1. The first-order chi connectivity index (χ1) is 19.1. The van der Waals surface area contributed by atoms with Crippen LogP contribution in [0, 0.1) is 0 Å². The van der Waals surface area contributed by atoms with Crippen molar-refractivity contribution in [3.63, 3.8) is 0 Å². The van der Waals surface area contributed by atoms with E-state index < -0.39 is 23.5 Å². The molecule has 3 N–H and O–H groups in total. The number of ether oxygens (including phenoxy) is 1. The van der Waals surface area contributed by atoms with Crippen molar-refractivity contribution in [3.05, 3.63) is 66.9 Å². The number of halogens is 3. The number of rotatable bonds is 8. The van der Waals surface area contributed by atoms with Crippen LogP contribution in [0.5, 0.6) is 5.75 Å². The number of aromatic nitrogens is 2. The monoisotopic (exact) mass is 555 g/mol. The van der Waals surface area contributed by atoms with Gasteiger partial charge in [-0.25, -0.2) is 4.98 Å². The quantitative estimate of drug-likeness (QED) is 0.341. The van der Waals surface area contributed by atoms with Crippen LogP contribution in [0.1, 0.15) is 12.5 Å². The average molecular weight is 556 g/mol. The molecule has 0 spiro atoms. The van der Waals surface area contributed by atoms with Gasteiger partial charge in [-0.3, -0.25) is 9.59 Å². The second kappa shape index (κ2) is 11.9. The van der Waals surface area contributed by atoms with Crippen molar-refractivity contribution < 1.29 is 27.5 Å². The summed E-state index contributed by atoms with van der Waals surface area (Å²) in [6.45, 7) is 7.32. The molecule has 1 aliphatic heterocycles. The molecule has 0 saturated carbocycles. The molecule has 0 aliphatic carbocycles. The lowest BCUT2D eigenvalue weighted by molar-refractivity contribution is -0.137. The summed E-state index contributed by atoms with van der Waals surface area (Å²) < 4.78 is 47.0. The molecule has 4 rings (SSSR count). The Morgan fingerprint density at radius 3 is 2.42 bits per heavy atom. The third-order valence-corrected chi connectivity index (χ3v) is 6.19. The molecule has 0 radical (unpaired) electrons. The van der Waals surface area contributed by atoms with Crippen molar-refractivity contribution in [2.45, 2.75) is 13.1 Å². The van der Waals surface area contributed by atoms with Crippen LogP contribution in [0.15, 0.2) is 61.3 Å². The molecule has 2 amide bonds. The van der Waals surface area contributed by atoms with Crippen molar-refractivity contribution in [3.8, 4) is 5.75 Å². The zero-order valence-corrected chi connectivity index (χ0v) is 21.9. The Labute approximate surface area is 228 Å². The van der Waals surface area contributed by atoms with Crippen molar-refractivity contribution in [1.82, 2.24) is 14.9 Å². The van der Waals surface area contributed by atoms with E-state index >= 15 is 0 Å². The molecule has 1 aliphatic rings. The Morgan fingerprint density at radius 1 is 1.05 bits per heavy atom. The predicted molar refractivity (Wildman–Crippen MR) is 146 cm³/mol. The minimum absolute atomic E-state index is 0.0168. The largest absolute Gasteiger partial charge is 0.494 e. The Kier molecular flexibility index (Phi) is 8.41. The standard InChI is InChI=1S/C27H28F3N7O3/c1-4-24(39)32-18-6-5-7-19(14-18)33-26-31-16-21(27(28,29)30)25(35-26)34-22-9-8-20(15-23(22)40-3)37-12-10-36(11-13-37)17(2)38/h4-9,14-16H,1,10-13H2,2-3H3,(H,32,39)(H2,31,33,34,35). The van der Waals surface area contributed by atoms with Crippen molar-refractivity contribution in [2.75, 3.05) is 54.1 Å². The number of methoxy groups -OCH3 is 1. The summed E-state index contributed by atoms with van der Waals surface area (Å²) in [5, 5.41) is 8.21. The molecule has 2 heterocycles. The highest BCUT2D eigenvalue weighted by atomic mass is 19.4. The van der Waals surface area contributed by atoms with E-state index in [0.717, 1.165) is 11.8 Å². The van der Waals surface area contributed by atoms with E-state index in [9.17, 15) is 22.8 Å². The molecule has 10 nitrogen and oxygen atoms in total. The third kappa shape index (κ3) is 6.79. The van der Waals surface area contributed by atoms with Gasteiger partial charge in [0.2, 0.25) is 17.8 Å². The zero-order valence-electron chi connectivity index (χ0n) is 21.9. The lowest BCUT2D eigenvalue weighted by Crippen LogP contribution is -2.48. The highest BCUT2D eigenvalue weighted by Crippen LogP contribution is 2.38. The van der Waals surface area contributed by atoms with E-state index in [1.54, 1.807) is 47.4 Å². The lowest BCUT2D eigenvalue weighted by Gasteiger charge is -2.35. The van der Waals surface area contributed by atoms with E-state index in [2.05, 4.69) is 37.4 Å². The second-order valence-corrected chi connectivity index (χ2v) is 8.86. The normalized spacial score (nSPS) is 13.4. The predicted octanol–water partition coefficient (Wildman–Crippen LogP) is 4.78. The van der Waals surface area contributed by atoms with E-state index in [1.807, 2.05) is 0 Å². The highest BCUT2D eigenvalue weighted by Gasteiger charge is 2.35. The van der Waals surface area contributed by atoms with Crippen molar-refractivity contribution >= 4 is 46.3 Å². The summed E-state index contributed by atoms with van der Waals surface area (Å²) in [4.78, 5) is 35.0. The molecule has 0 unspecified atom stereocenters. The Balaban J connectivity index is 1.58. The molecule has 40 heavy (non-hydrogen) atoms. The van der Waals surface area contributed by atoms with Crippen LogP contribution >= 0.6 is 0 Å². The topological polar surface area (TPSA) is 112 Å². The first-order valence-corrected chi connectivity index (χ1v) is 12.3. The Hall–Kier alpha value is -4.81. The van der Waals surface area contributed by atoms with Crippen molar-refractivity contribution in [1.29, 1.82) is 0 Å². The van der Waals surface area contributed by atoms with Gasteiger partial charge in [-0.1, -0.05) is 12.6 Å². The molecular formula is C27H28F3N7O3. The number of anilines is 6. The van der Waals surface area contributed by atoms with Gasteiger partial charge in [0.1, 0.15) is 17.1 Å². The van der Waals surface area contributed by atoms with Gasteiger partial charge < -0.3 is 30.5 Å². The van der Waals surface area contributed by atoms with E-state index in [4.69, 9.17) is 4.74 Å². The molecule has 1 fully saturated rings. The first-order valence-electron chi connectivity index (χ1n) is 12.3. The molecular weight excluding hydrogens is 527 g/mol. The number of hydrogen-bond acceptors (Lipinski definition) is 8. The number of carbonyl (C=O) groups excluding carboxylic acids is 2. The Bertz CT molecular complexity index is 1410. The third-order valence-electron chi connectivity index (χ3n) is 6.19. The van der Waals surface area contributed by atoms with E-state index in [1.165, 1.54) is 14.0 Å². The van der Waals surface area contributed by atoms with Crippen LogP contribution in [0.4, 0.5) is 47.7 Å². The second-order valence-electron chi connectivity index (χ2n) is 8.86. The average Bonchev–Trinajstić information content (AvgIpc) is 2.93. The van der Waals surface area contributed by atoms with Crippen LogP contribution in [-0.4, -0.2) is 60.0 Å². The maximum Gasteiger partial charge on any atom is 0.421 e. The number of alkyl halides is 3. The van der Waals surface area contributed by atoms with Gasteiger partial charge in [-0.15, -0.1) is 0 Å². The first kappa shape index (κ1) is 28.2. The fourth-order valence-electron chi connectivity index (χ4n) is 4.13. The van der Waals surface area contributed by atoms with Gasteiger partial charge in [0.05, 0.1) is 12.8 Å². The highest BCUT2D eigenvalue weighted by molar-refractivity contribution is 5.99. The maximum atomic E-state index is 13.8. The summed E-state index contributed by atoms with van der Waals surface area (Å²) >= 11 is 0. The fourth-order valence-corrected chi connectivity index (χ4v) is 4.13. The summed E-state index contributed by atoms with van der Waals surface area (Å²) in [6.07, 6.45) is -2.91. The molecule has 2 aromatic carbocycles. The summed E-state index contributed by atoms with van der Waals surface area (Å²) in [7, 11) is 1.42. The van der Waals surface area contributed by atoms with Crippen LogP contribution < -0.4 is 25.6 Å². The number of nitrogens with zero attached hydrogens (tertiary/aromatic N) is 4. The van der Waals surface area contributed by atoms with Gasteiger partial charge in [0, 0.05) is 62.4 Å². The molecule has 13 heteroatoms. The zero-order chi connectivity index (χ0) is 28.9. The minimum atomic E-state index is -4.72. The molecule has 3 aromatic rings. The molecule has 210 valence electrons. The van der Waals surface area contributed by atoms with Crippen LogP contribution in [0.3, 0.4) is 0 Å². The van der Waals surface area contributed by atoms with Crippen LogP contribution in [0.2, 0.25) is 0 Å². The minimum Gasteiger partial charge on any atom is -0.494 e. The number of nitrogens with one attached hydrogen (secondary N) is 3. The molecule has 0 atom stereocenters. The number of amides is 2. The molecule has 1 aromatic heterocycles. The SMILES string of the molecule is C=CC(=O)Nc1cccc(Nc2ncc(C(F)(F)F)c(Nc3ccc(N4CCN(C(C)=O)CC4)cc3OC)n2)c1. The lowest BCUT2D eigenvalue weighted by atomic mass is 10.2. The Morgan fingerprint density at radius 2 is 1.77 bits per heavy atom. The van der Waals surface area contributed by atoms with Crippen molar-refractivity contribution in [2.24, 2.45) is 0 Å². The summed E-state index contributed by atoms with van der Waals surface area (Å²) in [5.74, 6) is -0.641. The van der Waals surface area contributed by atoms with Gasteiger partial charge in [0.15, 0.2) is 0 Å². The number of carbonyl (C=O) groups is 2. The van der Waals surface area contributed by atoms with Crippen LogP contribution in [0.25, 0.3) is 0 Å². The van der Waals surface area contributed by atoms with Gasteiger partial charge in [0.25, 0.3) is 0 Å². The van der Waals surface area contributed by atoms with E-state index in [0.29, 0.717) is 49.5 Å².